The fraction of sp³-hybridized carbons (Fsp3) is 0.188. The van der Waals surface area contributed by atoms with Crippen LogP contribution in [0.3, 0.4) is 0 Å². The molecule has 0 saturated heterocycles. The lowest BCUT2D eigenvalue weighted by molar-refractivity contribution is -0.885. The van der Waals surface area contributed by atoms with Gasteiger partial charge >= 0.3 is 0 Å². The summed E-state index contributed by atoms with van der Waals surface area (Å²) in [7, 11) is 2.02. The molecule has 0 saturated carbocycles. The highest BCUT2D eigenvalue weighted by atomic mass is 79.9. The number of para-hydroxylation sites is 1. The summed E-state index contributed by atoms with van der Waals surface area (Å²) < 4.78 is 1.96. The molecule has 0 aliphatic heterocycles. The number of carbonyl (C=O) groups excluding carboxylic acids is 1. The molecular weight excluding hydrogens is 396 g/mol. The third-order valence-corrected chi connectivity index (χ3v) is 4.25. The Morgan fingerprint density at radius 2 is 1.76 bits per heavy atom. The highest BCUT2D eigenvalue weighted by molar-refractivity contribution is 9.10. The quantitative estimate of drug-likeness (QED) is 0.777. The molecule has 3 nitrogen and oxygen atoms in total. The smallest absolute Gasteiger partial charge is 0.279 e. The van der Waals surface area contributed by atoms with E-state index >= 15 is 0 Å². The average Bonchev–Trinajstić information content (AvgIpc) is 2.44. The molecule has 1 atom stereocenters. The minimum atomic E-state index is 0.0107. The van der Waals surface area contributed by atoms with E-state index in [1.165, 1.54) is 5.56 Å². The molecular formula is C16H17Br2N2O+. The Hall–Kier alpha value is -1.17. The Morgan fingerprint density at radius 1 is 1.10 bits per heavy atom. The van der Waals surface area contributed by atoms with Gasteiger partial charge in [0.15, 0.2) is 6.54 Å². The topological polar surface area (TPSA) is 33.5 Å². The van der Waals surface area contributed by atoms with E-state index in [1.807, 2.05) is 43.4 Å². The molecule has 0 bridgehead atoms. The third kappa shape index (κ3) is 5.26. The van der Waals surface area contributed by atoms with Gasteiger partial charge in [-0.3, -0.25) is 4.79 Å². The van der Waals surface area contributed by atoms with Crippen molar-refractivity contribution in [3.05, 3.63) is 63.0 Å². The second-order valence-corrected chi connectivity index (χ2v) is 6.74. The van der Waals surface area contributed by atoms with Crippen molar-refractivity contribution in [2.75, 3.05) is 18.9 Å². The van der Waals surface area contributed by atoms with Crippen LogP contribution in [-0.4, -0.2) is 19.5 Å². The second-order valence-electron chi connectivity index (χ2n) is 4.97. The molecule has 0 spiro atoms. The van der Waals surface area contributed by atoms with Crippen molar-refractivity contribution in [3.63, 3.8) is 0 Å². The van der Waals surface area contributed by atoms with Gasteiger partial charge in [-0.2, -0.15) is 0 Å². The molecule has 2 aromatic rings. The van der Waals surface area contributed by atoms with E-state index in [0.29, 0.717) is 6.54 Å². The Morgan fingerprint density at radius 3 is 2.43 bits per heavy atom. The fourth-order valence-corrected chi connectivity index (χ4v) is 2.69. The van der Waals surface area contributed by atoms with Gasteiger partial charge in [0, 0.05) is 14.5 Å². The van der Waals surface area contributed by atoms with E-state index in [0.717, 1.165) is 26.1 Å². The van der Waals surface area contributed by atoms with Gasteiger partial charge in [0.25, 0.3) is 5.91 Å². The number of nitrogens with one attached hydrogen (secondary N) is 2. The number of halogens is 2. The number of amides is 1. The first kappa shape index (κ1) is 16.2. The Bertz CT molecular complexity index is 614. The van der Waals surface area contributed by atoms with Gasteiger partial charge in [-0.1, -0.05) is 40.2 Å². The molecule has 0 heterocycles. The monoisotopic (exact) mass is 411 g/mol. The summed E-state index contributed by atoms with van der Waals surface area (Å²) in [6.07, 6.45) is 0. The van der Waals surface area contributed by atoms with Crippen molar-refractivity contribution < 1.29 is 9.69 Å². The lowest BCUT2D eigenvalue weighted by Gasteiger charge is -2.14. The molecule has 110 valence electrons. The van der Waals surface area contributed by atoms with Gasteiger partial charge in [-0.25, -0.2) is 0 Å². The number of hydrogen-bond donors (Lipinski definition) is 2. The zero-order chi connectivity index (χ0) is 15.2. The van der Waals surface area contributed by atoms with Crippen LogP contribution in [0, 0.1) is 0 Å². The minimum absolute atomic E-state index is 0.0107. The molecule has 21 heavy (non-hydrogen) atoms. The zero-order valence-electron chi connectivity index (χ0n) is 11.7. The summed E-state index contributed by atoms with van der Waals surface area (Å²) in [5, 5.41) is 2.92. The number of quaternary nitrogens is 1. The van der Waals surface area contributed by atoms with Crippen LogP contribution >= 0.6 is 31.9 Å². The lowest BCUT2D eigenvalue weighted by Crippen LogP contribution is -3.08. The summed E-state index contributed by atoms with van der Waals surface area (Å²) >= 11 is 6.85. The number of benzene rings is 2. The highest BCUT2D eigenvalue weighted by Gasteiger charge is 2.11. The molecule has 5 heteroatoms. The second kappa shape index (κ2) is 7.73. The van der Waals surface area contributed by atoms with Crippen LogP contribution in [-0.2, 0) is 11.3 Å². The van der Waals surface area contributed by atoms with Crippen LogP contribution in [0.15, 0.2) is 57.5 Å². The maximum atomic E-state index is 12.1. The van der Waals surface area contributed by atoms with Crippen molar-refractivity contribution in [2.45, 2.75) is 6.54 Å². The maximum absolute atomic E-state index is 12.1. The predicted octanol–water partition coefficient (Wildman–Crippen LogP) is 2.87. The minimum Gasteiger partial charge on any atom is -0.326 e. The average molecular weight is 413 g/mol. The van der Waals surface area contributed by atoms with Crippen molar-refractivity contribution in [3.8, 4) is 0 Å². The summed E-state index contributed by atoms with van der Waals surface area (Å²) in [6.45, 7) is 1.24. The van der Waals surface area contributed by atoms with Gasteiger partial charge in [-0.05, 0) is 40.2 Å². The molecule has 0 aromatic heterocycles. The van der Waals surface area contributed by atoms with Crippen LogP contribution in [0.25, 0.3) is 0 Å². The normalized spacial score (nSPS) is 12.0. The van der Waals surface area contributed by atoms with Gasteiger partial charge in [0.1, 0.15) is 6.54 Å². The molecule has 0 aliphatic rings. The molecule has 1 unspecified atom stereocenters. The molecule has 2 rings (SSSR count). The van der Waals surface area contributed by atoms with Crippen molar-refractivity contribution in [2.24, 2.45) is 0 Å². The Kier molecular flexibility index (Phi) is 5.96. The van der Waals surface area contributed by atoms with Crippen LogP contribution in [0.2, 0.25) is 0 Å². The van der Waals surface area contributed by atoms with E-state index < -0.39 is 0 Å². The van der Waals surface area contributed by atoms with Crippen LogP contribution in [0.5, 0.6) is 0 Å². The van der Waals surface area contributed by atoms with Crippen molar-refractivity contribution in [1.29, 1.82) is 0 Å². The number of rotatable bonds is 5. The molecule has 2 N–H and O–H groups in total. The molecule has 0 radical (unpaired) electrons. The summed E-state index contributed by atoms with van der Waals surface area (Å²) in [4.78, 5) is 13.2. The lowest BCUT2D eigenvalue weighted by atomic mass is 10.2. The highest BCUT2D eigenvalue weighted by Crippen LogP contribution is 2.20. The van der Waals surface area contributed by atoms with E-state index in [-0.39, 0.29) is 5.91 Å². The molecule has 2 aromatic carbocycles. The van der Waals surface area contributed by atoms with E-state index in [1.54, 1.807) is 0 Å². The van der Waals surface area contributed by atoms with Gasteiger partial charge in [0.2, 0.25) is 0 Å². The maximum Gasteiger partial charge on any atom is 0.279 e. The predicted molar refractivity (Wildman–Crippen MR) is 92.4 cm³/mol. The molecule has 1 amide bonds. The van der Waals surface area contributed by atoms with Crippen LogP contribution in [0.1, 0.15) is 5.56 Å². The Labute approximate surface area is 141 Å². The first-order valence-electron chi connectivity index (χ1n) is 6.65. The van der Waals surface area contributed by atoms with Crippen LogP contribution in [0.4, 0.5) is 5.69 Å². The SMILES string of the molecule is C[NH+](CC(=O)Nc1ccccc1Br)Cc1ccc(Br)cc1. The first-order chi connectivity index (χ1) is 10.0. The number of carbonyl (C=O) groups is 1. The number of likely N-dealkylation sites (N-methyl/N-ethyl adjacent to an activating group) is 1. The van der Waals surface area contributed by atoms with Gasteiger partial charge in [-0.15, -0.1) is 0 Å². The fourth-order valence-electron chi connectivity index (χ4n) is 2.04. The first-order valence-corrected chi connectivity index (χ1v) is 8.23. The largest absolute Gasteiger partial charge is 0.326 e. The van der Waals surface area contributed by atoms with Gasteiger partial charge in [0.05, 0.1) is 12.7 Å². The number of hydrogen-bond acceptors (Lipinski definition) is 1. The van der Waals surface area contributed by atoms with Crippen LogP contribution < -0.4 is 10.2 Å². The summed E-state index contributed by atoms with van der Waals surface area (Å²) in [5.74, 6) is 0.0107. The Balaban J connectivity index is 1.87. The zero-order valence-corrected chi connectivity index (χ0v) is 14.9. The third-order valence-electron chi connectivity index (χ3n) is 3.03. The summed E-state index contributed by atoms with van der Waals surface area (Å²) in [6, 6.07) is 15.8. The summed E-state index contributed by atoms with van der Waals surface area (Å²) in [5.41, 5.74) is 2.02. The van der Waals surface area contributed by atoms with Gasteiger partial charge < -0.3 is 10.2 Å². The van der Waals surface area contributed by atoms with E-state index in [9.17, 15) is 4.79 Å². The van der Waals surface area contributed by atoms with Crippen molar-refractivity contribution >= 4 is 43.5 Å². The molecule has 0 aliphatic carbocycles. The van der Waals surface area contributed by atoms with Crippen molar-refractivity contribution in [1.82, 2.24) is 0 Å². The van der Waals surface area contributed by atoms with E-state index in [2.05, 4.69) is 49.3 Å². The molecule has 0 fully saturated rings. The standard InChI is InChI=1S/C16H16Br2N2O/c1-20(10-12-6-8-13(17)9-7-12)11-16(21)19-15-5-3-2-4-14(15)18/h2-9H,10-11H2,1H3,(H,19,21)/p+1. The van der Waals surface area contributed by atoms with E-state index in [4.69, 9.17) is 0 Å². The number of anilines is 1.